The van der Waals surface area contributed by atoms with Gasteiger partial charge in [-0.15, -0.1) is 0 Å². The highest BCUT2D eigenvalue weighted by Crippen LogP contribution is 2.30. The third kappa shape index (κ3) is 2.97. The maximum atomic E-state index is 12.9. The third-order valence-corrected chi connectivity index (χ3v) is 6.33. The SMILES string of the molecule is CCN(C(=O)c1oc2ccc(Cl)cc2c1C)[C@@H]1CCS(=O)(=O)C1. The first-order valence-electron chi connectivity index (χ1n) is 7.52. The predicted molar refractivity (Wildman–Crippen MR) is 89.7 cm³/mol. The number of carbonyl (C=O) groups is 1. The minimum absolute atomic E-state index is 0.0255. The summed E-state index contributed by atoms with van der Waals surface area (Å²) in [6.07, 6.45) is 0.479. The minimum atomic E-state index is -3.05. The van der Waals surface area contributed by atoms with Crippen LogP contribution in [-0.2, 0) is 9.84 Å². The van der Waals surface area contributed by atoms with Crippen molar-refractivity contribution in [3.8, 4) is 0 Å². The van der Waals surface area contributed by atoms with Gasteiger partial charge in [-0.3, -0.25) is 4.79 Å². The Labute approximate surface area is 140 Å². The number of nitrogens with zero attached hydrogens (tertiary/aromatic N) is 1. The lowest BCUT2D eigenvalue weighted by molar-refractivity contribution is 0.0677. The molecule has 1 aromatic carbocycles. The zero-order valence-electron chi connectivity index (χ0n) is 13.0. The molecule has 124 valence electrons. The lowest BCUT2D eigenvalue weighted by Gasteiger charge is -2.26. The second-order valence-corrected chi connectivity index (χ2v) is 8.51. The first kappa shape index (κ1) is 16.3. The van der Waals surface area contributed by atoms with E-state index >= 15 is 0 Å². The molecule has 0 N–H and O–H groups in total. The normalized spacial score (nSPS) is 20.0. The summed E-state index contributed by atoms with van der Waals surface area (Å²) in [5, 5.41) is 1.38. The van der Waals surface area contributed by atoms with E-state index in [1.165, 1.54) is 0 Å². The molecule has 2 aromatic rings. The lowest BCUT2D eigenvalue weighted by atomic mass is 10.1. The summed E-state index contributed by atoms with van der Waals surface area (Å²) < 4.78 is 29.1. The predicted octanol–water partition coefficient (Wildman–Crippen LogP) is 3.04. The molecule has 3 rings (SSSR count). The number of carbonyl (C=O) groups excluding carboxylic acids is 1. The molecule has 0 bridgehead atoms. The molecule has 1 fully saturated rings. The van der Waals surface area contributed by atoms with Crippen LogP contribution in [0.2, 0.25) is 5.02 Å². The number of amides is 1. The zero-order chi connectivity index (χ0) is 16.8. The van der Waals surface area contributed by atoms with Crippen molar-refractivity contribution in [1.82, 2.24) is 4.90 Å². The molecule has 23 heavy (non-hydrogen) atoms. The van der Waals surface area contributed by atoms with E-state index in [4.69, 9.17) is 16.0 Å². The molecule has 1 aromatic heterocycles. The minimum Gasteiger partial charge on any atom is -0.451 e. The highest BCUT2D eigenvalue weighted by atomic mass is 35.5. The summed E-state index contributed by atoms with van der Waals surface area (Å²) in [5.74, 6) is 0.154. The molecule has 1 atom stereocenters. The summed E-state index contributed by atoms with van der Waals surface area (Å²) in [5.41, 5.74) is 1.33. The summed E-state index contributed by atoms with van der Waals surface area (Å²) in [4.78, 5) is 14.4. The Balaban J connectivity index is 1.97. The summed E-state index contributed by atoms with van der Waals surface area (Å²) in [7, 11) is -3.05. The molecule has 0 radical (unpaired) electrons. The Morgan fingerprint density at radius 3 is 2.78 bits per heavy atom. The average Bonchev–Trinajstić information content (AvgIpc) is 3.00. The van der Waals surface area contributed by atoms with Crippen molar-refractivity contribution in [1.29, 1.82) is 0 Å². The third-order valence-electron chi connectivity index (χ3n) is 4.34. The van der Waals surface area contributed by atoms with Gasteiger partial charge in [-0.25, -0.2) is 8.42 Å². The quantitative estimate of drug-likeness (QED) is 0.848. The van der Waals surface area contributed by atoms with Crippen LogP contribution in [-0.4, -0.2) is 43.3 Å². The van der Waals surface area contributed by atoms with E-state index in [-0.39, 0.29) is 29.2 Å². The Morgan fingerprint density at radius 1 is 1.43 bits per heavy atom. The fourth-order valence-electron chi connectivity index (χ4n) is 3.12. The molecule has 0 saturated carbocycles. The van der Waals surface area contributed by atoms with E-state index < -0.39 is 9.84 Å². The van der Waals surface area contributed by atoms with Crippen molar-refractivity contribution >= 4 is 38.3 Å². The van der Waals surface area contributed by atoms with Gasteiger partial charge in [0.2, 0.25) is 0 Å². The number of hydrogen-bond donors (Lipinski definition) is 0. The Bertz CT molecular complexity index is 872. The van der Waals surface area contributed by atoms with Crippen LogP contribution in [0.25, 0.3) is 11.0 Å². The zero-order valence-corrected chi connectivity index (χ0v) is 14.6. The molecule has 0 aliphatic carbocycles. The van der Waals surface area contributed by atoms with Gasteiger partial charge in [-0.05, 0) is 38.5 Å². The van der Waals surface area contributed by atoms with Crippen molar-refractivity contribution in [3.05, 3.63) is 34.5 Å². The van der Waals surface area contributed by atoms with Gasteiger partial charge in [0.25, 0.3) is 5.91 Å². The molecular formula is C16H18ClNO4S. The van der Waals surface area contributed by atoms with E-state index in [1.54, 1.807) is 23.1 Å². The summed E-state index contributed by atoms with van der Waals surface area (Å²) in [6.45, 7) is 4.10. The second-order valence-electron chi connectivity index (χ2n) is 5.84. The van der Waals surface area contributed by atoms with E-state index in [9.17, 15) is 13.2 Å². The van der Waals surface area contributed by atoms with Crippen LogP contribution in [0, 0.1) is 6.92 Å². The monoisotopic (exact) mass is 355 g/mol. The topological polar surface area (TPSA) is 67.6 Å². The number of rotatable bonds is 3. The largest absolute Gasteiger partial charge is 0.451 e. The van der Waals surface area contributed by atoms with Crippen LogP contribution in [0.4, 0.5) is 0 Å². The number of aryl methyl sites for hydroxylation is 1. The highest BCUT2D eigenvalue weighted by Gasteiger charge is 2.35. The van der Waals surface area contributed by atoms with Crippen molar-refractivity contribution in [2.75, 3.05) is 18.1 Å². The van der Waals surface area contributed by atoms with E-state index in [1.807, 2.05) is 13.8 Å². The van der Waals surface area contributed by atoms with Crippen LogP contribution in [0.15, 0.2) is 22.6 Å². The van der Waals surface area contributed by atoms with Gasteiger partial charge in [0, 0.05) is 28.6 Å². The molecule has 1 aliphatic heterocycles. The molecule has 1 saturated heterocycles. The van der Waals surface area contributed by atoms with E-state index in [0.29, 0.717) is 23.6 Å². The lowest BCUT2D eigenvalue weighted by Crippen LogP contribution is -2.41. The van der Waals surface area contributed by atoms with E-state index in [2.05, 4.69) is 0 Å². The highest BCUT2D eigenvalue weighted by molar-refractivity contribution is 7.91. The van der Waals surface area contributed by atoms with Gasteiger partial charge in [0.05, 0.1) is 11.5 Å². The standard InChI is InChI=1S/C16H18ClNO4S/c1-3-18(12-6-7-23(20,21)9-12)16(19)15-10(2)13-8-11(17)4-5-14(13)22-15/h4-5,8,12H,3,6-7,9H2,1-2H3/t12-/m1/s1. The maximum absolute atomic E-state index is 12.9. The van der Waals surface area contributed by atoms with Crippen LogP contribution < -0.4 is 0 Å². The average molecular weight is 356 g/mol. The molecule has 1 aliphatic rings. The molecule has 2 heterocycles. The van der Waals surface area contributed by atoms with Crippen LogP contribution >= 0.6 is 11.6 Å². The van der Waals surface area contributed by atoms with E-state index in [0.717, 1.165) is 10.9 Å². The molecule has 1 amide bonds. The molecule has 5 nitrogen and oxygen atoms in total. The maximum Gasteiger partial charge on any atom is 0.290 e. The van der Waals surface area contributed by atoms with Gasteiger partial charge < -0.3 is 9.32 Å². The van der Waals surface area contributed by atoms with Crippen LogP contribution in [0.5, 0.6) is 0 Å². The van der Waals surface area contributed by atoms with Crippen molar-refractivity contribution in [2.24, 2.45) is 0 Å². The van der Waals surface area contributed by atoms with Gasteiger partial charge in [0.15, 0.2) is 15.6 Å². The van der Waals surface area contributed by atoms with Crippen LogP contribution in [0.3, 0.4) is 0 Å². The smallest absolute Gasteiger partial charge is 0.290 e. The number of sulfone groups is 1. The summed E-state index contributed by atoms with van der Waals surface area (Å²) in [6, 6.07) is 4.93. The Morgan fingerprint density at radius 2 is 2.17 bits per heavy atom. The van der Waals surface area contributed by atoms with Crippen molar-refractivity contribution in [3.63, 3.8) is 0 Å². The van der Waals surface area contributed by atoms with Crippen molar-refractivity contribution in [2.45, 2.75) is 26.3 Å². The molecule has 0 spiro atoms. The number of fused-ring (bicyclic) bond motifs is 1. The number of furan rings is 1. The number of hydrogen-bond acceptors (Lipinski definition) is 4. The first-order chi connectivity index (χ1) is 10.8. The Kier molecular flexibility index (Phi) is 4.14. The Hall–Kier alpha value is -1.53. The van der Waals surface area contributed by atoms with Gasteiger partial charge in [-0.2, -0.15) is 0 Å². The van der Waals surface area contributed by atoms with Gasteiger partial charge in [-0.1, -0.05) is 11.6 Å². The van der Waals surface area contributed by atoms with Crippen LogP contribution in [0.1, 0.15) is 29.5 Å². The molecule has 0 unspecified atom stereocenters. The molecular weight excluding hydrogens is 338 g/mol. The fourth-order valence-corrected chi connectivity index (χ4v) is 5.02. The summed E-state index contributed by atoms with van der Waals surface area (Å²) >= 11 is 6.00. The first-order valence-corrected chi connectivity index (χ1v) is 9.72. The molecule has 7 heteroatoms. The number of benzene rings is 1. The number of halogens is 1. The second kappa shape index (κ2) is 5.83. The van der Waals surface area contributed by atoms with Gasteiger partial charge in [0.1, 0.15) is 5.58 Å². The fraction of sp³-hybridized carbons (Fsp3) is 0.438. The van der Waals surface area contributed by atoms with Crippen molar-refractivity contribution < 1.29 is 17.6 Å². The van der Waals surface area contributed by atoms with Gasteiger partial charge >= 0.3 is 0 Å².